The van der Waals surface area contributed by atoms with Crippen molar-refractivity contribution in [2.24, 2.45) is 10.7 Å². The highest BCUT2D eigenvalue weighted by Gasteiger charge is 2.31. The van der Waals surface area contributed by atoms with Crippen molar-refractivity contribution < 1.29 is 17.9 Å². The number of halogens is 3. The van der Waals surface area contributed by atoms with Crippen LogP contribution < -0.4 is 10.5 Å². The Balaban J connectivity index is 3.32. The van der Waals surface area contributed by atoms with Gasteiger partial charge in [-0.3, -0.25) is 4.99 Å². The zero-order chi connectivity index (χ0) is 15.5. The molecule has 0 spiro atoms. The number of allylic oxidation sites excluding steroid dienone is 2. The van der Waals surface area contributed by atoms with Gasteiger partial charge in [-0.05, 0) is 43.2 Å². The third-order valence-corrected chi connectivity index (χ3v) is 2.88. The van der Waals surface area contributed by atoms with Gasteiger partial charge in [0.15, 0.2) is 0 Å². The van der Waals surface area contributed by atoms with E-state index in [0.717, 1.165) is 17.2 Å². The van der Waals surface area contributed by atoms with Gasteiger partial charge in [-0.1, -0.05) is 0 Å². The highest BCUT2D eigenvalue weighted by Crippen LogP contribution is 2.25. The first-order chi connectivity index (χ1) is 9.20. The van der Waals surface area contributed by atoms with E-state index in [1.165, 1.54) is 14.2 Å². The summed E-state index contributed by atoms with van der Waals surface area (Å²) in [6.45, 7) is 3.59. The van der Waals surface area contributed by atoms with Gasteiger partial charge in [0, 0.05) is 12.6 Å². The highest BCUT2D eigenvalue weighted by atomic mass is 19.4. The predicted molar refractivity (Wildman–Crippen MR) is 73.3 cm³/mol. The van der Waals surface area contributed by atoms with Crippen LogP contribution in [-0.4, -0.2) is 26.0 Å². The van der Waals surface area contributed by atoms with E-state index in [4.69, 9.17) is 10.5 Å². The van der Waals surface area contributed by atoms with Crippen molar-refractivity contribution in [1.29, 1.82) is 0 Å². The molecule has 20 heavy (non-hydrogen) atoms. The molecule has 1 rings (SSSR count). The molecule has 0 atom stereocenters. The lowest BCUT2D eigenvalue weighted by Crippen LogP contribution is -2.21. The lowest BCUT2D eigenvalue weighted by Gasteiger charge is -2.13. The summed E-state index contributed by atoms with van der Waals surface area (Å²) in [5, 5.41) is 0. The molecule has 0 amide bonds. The summed E-state index contributed by atoms with van der Waals surface area (Å²) < 4.78 is 42.6. The lowest BCUT2D eigenvalue weighted by atomic mass is 9.99. The van der Waals surface area contributed by atoms with Gasteiger partial charge in [-0.15, -0.1) is 0 Å². The Morgan fingerprint density at radius 2 is 1.85 bits per heavy atom. The van der Waals surface area contributed by atoms with Crippen LogP contribution in [0.25, 0.3) is 0 Å². The van der Waals surface area contributed by atoms with Gasteiger partial charge >= 0.3 is 6.18 Å². The molecule has 0 heterocycles. The Morgan fingerprint density at radius 1 is 1.25 bits per heavy atom. The van der Waals surface area contributed by atoms with Gasteiger partial charge in [0.25, 0.3) is 0 Å². The third-order valence-electron chi connectivity index (χ3n) is 2.88. The van der Waals surface area contributed by atoms with Crippen molar-refractivity contribution in [2.75, 3.05) is 14.2 Å². The molecular formula is C14H17F3N2O. The third kappa shape index (κ3) is 3.53. The molecule has 3 nitrogen and oxygen atoms in total. The van der Waals surface area contributed by atoms with E-state index in [0.29, 0.717) is 11.3 Å². The summed E-state index contributed by atoms with van der Waals surface area (Å²) in [6.07, 6.45) is -3.72. The zero-order valence-corrected chi connectivity index (χ0v) is 11.8. The van der Waals surface area contributed by atoms with Gasteiger partial charge < -0.3 is 10.5 Å². The number of alkyl halides is 3. The Morgan fingerprint density at radius 3 is 2.30 bits per heavy atom. The van der Waals surface area contributed by atoms with Crippen molar-refractivity contribution in [3.05, 3.63) is 40.6 Å². The van der Waals surface area contributed by atoms with E-state index in [-0.39, 0.29) is 5.71 Å². The minimum Gasteiger partial charge on any atom is -0.496 e. The van der Waals surface area contributed by atoms with E-state index in [2.05, 4.69) is 4.99 Å². The van der Waals surface area contributed by atoms with Crippen LogP contribution in [0.15, 0.2) is 28.9 Å². The maximum Gasteiger partial charge on any atom is 0.430 e. The zero-order valence-electron chi connectivity index (χ0n) is 11.8. The summed E-state index contributed by atoms with van der Waals surface area (Å²) >= 11 is 0. The van der Waals surface area contributed by atoms with E-state index < -0.39 is 11.9 Å². The maximum atomic E-state index is 12.5. The Hall–Kier alpha value is -1.98. The SMILES string of the molecule is CN=C(C=C(N)C(F)(F)F)c1cc(C)c(OC)cc1C. The fourth-order valence-electron chi connectivity index (χ4n) is 1.78. The molecular weight excluding hydrogens is 269 g/mol. The molecule has 0 aliphatic carbocycles. The molecule has 2 N–H and O–H groups in total. The Bertz CT molecular complexity index is 560. The number of hydrogen-bond donors (Lipinski definition) is 1. The average molecular weight is 286 g/mol. The van der Waals surface area contributed by atoms with Gasteiger partial charge in [0.05, 0.1) is 12.8 Å². The molecule has 110 valence electrons. The lowest BCUT2D eigenvalue weighted by molar-refractivity contribution is -0.0925. The molecule has 0 unspecified atom stereocenters. The number of benzene rings is 1. The fraction of sp³-hybridized carbons (Fsp3) is 0.357. The quantitative estimate of drug-likeness (QED) is 0.868. The van der Waals surface area contributed by atoms with Crippen molar-refractivity contribution in [2.45, 2.75) is 20.0 Å². The number of aryl methyl sites for hydroxylation is 2. The van der Waals surface area contributed by atoms with Gasteiger partial charge in [0.1, 0.15) is 11.4 Å². The van der Waals surface area contributed by atoms with Crippen LogP contribution in [0.4, 0.5) is 13.2 Å². The van der Waals surface area contributed by atoms with Crippen LogP contribution in [-0.2, 0) is 0 Å². The van der Waals surface area contributed by atoms with Crippen LogP contribution in [0.5, 0.6) is 5.75 Å². The molecule has 0 bridgehead atoms. The topological polar surface area (TPSA) is 47.6 Å². The molecule has 1 aromatic rings. The van der Waals surface area contributed by atoms with Gasteiger partial charge in [-0.2, -0.15) is 13.2 Å². The second-order valence-electron chi connectivity index (χ2n) is 4.34. The minimum absolute atomic E-state index is 0.183. The number of rotatable bonds is 3. The smallest absolute Gasteiger partial charge is 0.430 e. The van der Waals surface area contributed by atoms with Crippen molar-refractivity contribution in [1.82, 2.24) is 0 Å². The fourth-order valence-corrected chi connectivity index (χ4v) is 1.78. The molecule has 0 aliphatic rings. The van der Waals surface area contributed by atoms with Crippen molar-refractivity contribution in [3.63, 3.8) is 0 Å². The first-order valence-corrected chi connectivity index (χ1v) is 5.87. The Labute approximate surface area is 116 Å². The van der Waals surface area contributed by atoms with Crippen LogP contribution >= 0.6 is 0 Å². The predicted octanol–water partition coefficient (Wildman–Crippen LogP) is 3.14. The number of hydrogen-bond acceptors (Lipinski definition) is 3. The second-order valence-corrected chi connectivity index (χ2v) is 4.34. The van der Waals surface area contributed by atoms with Crippen LogP contribution in [0, 0.1) is 13.8 Å². The largest absolute Gasteiger partial charge is 0.496 e. The molecule has 0 saturated carbocycles. The highest BCUT2D eigenvalue weighted by molar-refractivity contribution is 6.10. The van der Waals surface area contributed by atoms with Crippen LogP contribution in [0.1, 0.15) is 16.7 Å². The maximum absolute atomic E-state index is 12.5. The molecule has 0 saturated heterocycles. The van der Waals surface area contributed by atoms with Gasteiger partial charge in [0.2, 0.25) is 0 Å². The minimum atomic E-state index is -4.56. The number of aliphatic imine (C=N–C) groups is 1. The number of nitrogens with zero attached hydrogens (tertiary/aromatic N) is 1. The molecule has 6 heteroatoms. The summed E-state index contributed by atoms with van der Waals surface area (Å²) in [6, 6.07) is 3.49. The van der Waals surface area contributed by atoms with Crippen LogP contribution in [0.3, 0.4) is 0 Å². The first-order valence-electron chi connectivity index (χ1n) is 5.87. The molecule has 0 aliphatic heterocycles. The number of ether oxygens (including phenoxy) is 1. The summed E-state index contributed by atoms with van der Waals surface area (Å²) in [5.74, 6) is 0.675. The number of methoxy groups -OCH3 is 1. The summed E-state index contributed by atoms with van der Waals surface area (Å²) in [4.78, 5) is 3.89. The number of nitrogens with two attached hydrogens (primary N) is 1. The van der Waals surface area contributed by atoms with E-state index in [9.17, 15) is 13.2 Å². The summed E-state index contributed by atoms with van der Waals surface area (Å²) in [5.41, 5.74) is 6.22. The normalized spacial score (nSPS) is 13.6. The monoisotopic (exact) mass is 286 g/mol. The van der Waals surface area contributed by atoms with Crippen LogP contribution in [0.2, 0.25) is 0 Å². The van der Waals surface area contributed by atoms with E-state index >= 15 is 0 Å². The van der Waals surface area contributed by atoms with E-state index in [1.54, 1.807) is 19.1 Å². The molecule has 0 fully saturated rings. The standard InChI is InChI=1S/C14H17F3N2O/c1-8-6-12(20-4)9(2)5-10(8)11(19-3)7-13(18)14(15,16)17/h5-7H,18H2,1-4H3. The summed E-state index contributed by atoms with van der Waals surface area (Å²) in [7, 11) is 2.96. The average Bonchev–Trinajstić information content (AvgIpc) is 2.37. The molecule has 0 radical (unpaired) electrons. The molecule has 1 aromatic carbocycles. The van der Waals surface area contributed by atoms with Crippen molar-refractivity contribution in [3.8, 4) is 5.75 Å². The molecule has 0 aromatic heterocycles. The van der Waals surface area contributed by atoms with Gasteiger partial charge in [-0.25, -0.2) is 0 Å². The van der Waals surface area contributed by atoms with E-state index in [1.807, 2.05) is 6.92 Å². The first kappa shape index (κ1) is 16.1. The van der Waals surface area contributed by atoms with Crippen molar-refractivity contribution >= 4 is 5.71 Å². The Kier molecular flexibility index (Phi) is 4.81. The second kappa shape index (κ2) is 5.98.